The molecule has 0 aliphatic rings. The number of aryl methyl sites for hydroxylation is 1. The Morgan fingerprint density at radius 2 is 2.07 bits per heavy atom. The van der Waals surface area contributed by atoms with Gasteiger partial charge in [-0.05, 0) is 19.3 Å². The standard InChI is InChI=1S/C10H19N3O/c1-7(2)5-8(3)11-6-10-12-9(4)14-13-10/h7-8,11H,5-6H2,1-4H3/t8-/m1/s1. The van der Waals surface area contributed by atoms with Crippen LogP contribution in [-0.2, 0) is 6.54 Å². The molecule has 0 spiro atoms. The molecular formula is C10H19N3O. The number of nitrogens with one attached hydrogen (secondary N) is 1. The molecule has 0 aliphatic heterocycles. The first-order valence-corrected chi connectivity index (χ1v) is 5.10. The van der Waals surface area contributed by atoms with Gasteiger partial charge in [-0.15, -0.1) is 0 Å². The summed E-state index contributed by atoms with van der Waals surface area (Å²) in [6.07, 6.45) is 1.16. The summed E-state index contributed by atoms with van der Waals surface area (Å²) in [5, 5.41) is 7.18. The number of aromatic nitrogens is 2. The van der Waals surface area contributed by atoms with Crippen molar-refractivity contribution in [2.45, 2.75) is 46.7 Å². The molecule has 1 rings (SSSR count). The van der Waals surface area contributed by atoms with Gasteiger partial charge in [0.1, 0.15) is 0 Å². The molecule has 0 amide bonds. The maximum atomic E-state index is 4.88. The first-order chi connectivity index (χ1) is 6.58. The minimum absolute atomic E-state index is 0.494. The number of hydrogen-bond acceptors (Lipinski definition) is 4. The number of rotatable bonds is 5. The molecule has 0 aliphatic carbocycles. The minimum atomic E-state index is 0.494. The molecule has 1 aromatic heterocycles. The second-order valence-electron chi connectivity index (χ2n) is 4.14. The second kappa shape index (κ2) is 5.10. The van der Waals surface area contributed by atoms with E-state index in [2.05, 4.69) is 36.2 Å². The van der Waals surface area contributed by atoms with Crippen molar-refractivity contribution in [3.63, 3.8) is 0 Å². The summed E-state index contributed by atoms with van der Waals surface area (Å²) >= 11 is 0. The van der Waals surface area contributed by atoms with Crippen LogP contribution >= 0.6 is 0 Å². The smallest absolute Gasteiger partial charge is 0.223 e. The maximum Gasteiger partial charge on any atom is 0.223 e. The Bertz CT molecular complexity index is 270. The van der Waals surface area contributed by atoms with Crippen molar-refractivity contribution in [3.05, 3.63) is 11.7 Å². The van der Waals surface area contributed by atoms with E-state index in [1.54, 1.807) is 6.92 Å². The summed E-state index contributed by atoms with van der Waals surface area (Å²) in [5.41, 5.74) is 0. The van der Waals surface area contributed by atoms with Crippen molar-refractivity contribution in [2.24, 2.45) is 5.92 Å². The van der Waals surface area contributed by atoms with E-state index < -0.39 is 0 Å². The van der Waals surface area contributed by atoms with Crippen molar-refractivity contribution < 1.29 is 4.52 Å². The summed E-state index contributed by atoms with van der Waals surface area (Å²) in [6, 6.07) is 0.494. The molecule has 0 unspecified atom stereocenters. The van der Waals surface area contributed by atoms with E-state index in [1.165, 1.54) is 0 Å². The van der Waals surface area contributed by atoms with Gasteiger partial charge in [-0.25, -0.2) is 0 Å². The summed E-state index contributed by atoms with van der Waals surface area (Å²) in [4.78, 5) is 4.12. The van der Waals surface area contributed by atoms with Gasteiger partial charge in [-0.3, -0.25) is 0 Å². The molecule has 0 radical (unpaired) electrons. The average Bonchev–Trinajstić information content (AvgIpc) is 2.47. The zero-order valence-electron chi connectivity index (χ0n) is 9.37. The average molecular weight is 197 g/mol. The molecule has 4 heteroatoms. The molecule has 1 N–H and O–H groups in total. The molecule has 1 aromatic rings. The lowest BCUT2D eigenvalue weighted by Crippen LogP contribution is -2.27. The third-order valence-electron chi connectivity index (χ3n) is 2.00. The molecule has 4 nitrogen and oxygen atoms in total. The van der Waals surface area contributed by atoms with Crippen LogP contribution in [0.4, 0.5) is 0 Å². The fourth-order valence-corrected chi connectivity index (χ4v) is 1.47. The van der Waals surface area contributed by atoms with E-state index in [4.69, 9.17) is 4.52 Å². The van der Waals surface area contributed by atoms with E-state index in [-0.39, 0.29) is 0 Å². The quantitative estimate of drug-likeness (QED) is 0.783. The van der Waals surface area contributed by atoms with Crippen LogP contribution in [0.5, 0.6) is 0 Å². The Morgan fingerprint density at radius 3 is 2.57 bits per heavy atom. The van der Waals surface area contributed by atoms with Gasteiger partial charge >= 0.3 is 0 Å². The highest BCUT2D eigenvalue weighted by Gasteiger charge is 2.06. The molecular weight excluding hydrogens is 178 g/mol. The fraction of sp³-hybridized carbons (Fsp3) is 0.800. The van der Waals surface area contributed by atoms with Gasteiger partial charge in [0, 0.05) is 13.0 Å². The summed E-state index contributed by atoms with van der Waals surface area (Å²) in [5.74, 6) is 2.07. The molecule has 0 saturated carbocycles. The Kier molecular flexibility index (Phi) is 4.07. The third-order valence-corrected chi connectivity index (χ3v) is 2.00. The number of nitrogens with zero attached hydrogens (tertiary/aromatic N) is 2. The highest BCUT2D eigenvalue weighted by Crippen LogP contribution is 2.04. The Morgan fingerprint density at radius 1 is 1.36 bits per heavy atom. The molecule has 1 atom stereocenters. The predicted octanol–water partition coefficient (Wildman–Crippen LogP) is 1.90. The van der Waals surface area contributed by atoms with Crippen LogP contribution in [0.25, 0.3) is 0 Å². The minimum Gasteiger partial charge on any atom is -0.340 e. The second-order valence-corrected chi connectivity index (χ2v) is 4.14. The van der Waals surface area contributed by atoms with Gasteiger partial charge in [-0.1, -0.05) is 19.0 Å². The summed E-state index contributed by atoms with van der Waals surface area (Å²) in [6.45, 7) is 9.10. The first-order valence-electron chi connectivity index (χ1n) is 5.10. The van der Waals surface area contributed by atoms with E-state index in [0.717, 1.165) is 12.2 Å². The SMILES string of the molecule is Cc1nc(CN[C@H](C)CC(C)C)no1. The van der Waals surface area contributed by atoms with Crippen LogP contribution in [0.2, 0.25) is 0 Å². The highest BCUT2D eigenvalue weighted by atomic mass is 16.5. The van der Waals surface area contributed by atoms with Crippen LogP contribution in [0, 0.1) is 12.8 Å². The molecule has 0 aromatic carbocycles. The van der Waals surface area contributed by atoms with Gasteiger partial charge in [-0.2, -0.15) is 4.98 Å². The Labute approximate surface area is 85.1 Å². The lowest BCUT2D eigenvalue weighted by atomic mass is 10.1. The fourth-order valence-electron chi connectivity index (χ4n) is 1.47. The molecule has 80 valence electrons. The van der Waals surface area contributed by atoms with Crippen molar-refractivity contribution in [1.29, 1.82) is 0 Å². The van der Waals surface area contributed by atoms with Gasteiger partial charge < -0.3 is 9.84 Å². The van der Waals surface area contributed by atoms with Crippen LogP contribution in [-0.4, -0.2) is 16.2 Å². The lowest BCUT2D eigenvalue weighted by molar-refractivity contribution is 0.380. The molecule has 0 saturated heterocycles. The first kappa shape index (κ1) is 11.2. The van der Waals surface area contributed by atoms with Crippen LogP contribution < -0.4 is 5.32 Å². The molecule has 1 heterocycles. The van der Waals surface area contributed by atoms with Crippen molar-refractivity contribution >= 4 is 0 Å². The van der Waals surface area contributed by atoms with Gasteiger partial charge in [0.15, 0.2) is 5.82 Å². The van der Waals surface area contributed by atoms with E-state index in [1.807, 2.05) is 0 Å². The van der Waals surface area contributed by atoms with Crippen LogP contribution in [0.1, 0.15) is 38.9 Å². The van der Waals surface area contributed by atoms with Crippen molar-refractivity contribution in [3.8, 4) is 0 Å². The van der Waals surface area contributed by atoms with Crippen molar-refractivity contribution in [1.82, 2.24) is 15.5 Å². The Hall–Kier alpha value is -0.900. The normalized spacial score (nSPS) is 13.5. The zero-order valence-corrected chi connectivity index (χ0v) is 9.37. The van der Waals surface area contributed by atoms with Gasteiger partial charge in [0.25, 0.3) is 0 Å². The largest absolute Gasteiger partial charge is 0.340 e. The molecule has 0 fully saturated rings. The van der Waals surface area contributed by atoms with Crippen LogP contribution in [0.15, 0.2) is 4.52 Å². The molecule has 0 bridgehead atoms. The summed E-state index contributed by atoms with van der Waals surface area (Å²) in [7, 11) is 0. The zero-order chi connectivity index (χ0) is 10.6. The third kappa shape index (κ3) is 3.87. The van der Waals surface area contributed by atoms with Gasteiger partial charge in [0.2, 0.25) is 5.89 Å². The Balaban J connectivity index is 2.26. The lowest BCUT2D eigenvalue weighted by Gasteiger charge is -2.14. The van der Waals surface area contributed by atoms with E-state index >= 15 is 0 Å². The highest BCUT2D eigenvalue weighted by molar-refractivity contribution is 4.83. The van der Waals surface area contributed by atoms with E-state index in [9.17, 15) is 0 Å². The molecule has 14 heavy (non-hydrogen) atoms. The van der Waals surface area contributed by atoms with Crippen molar-refractivity contribution in [2.75, 3.05) is 0 Å². The van der Waals surface area contributed by atoms with E-state index in [0.29, 0.717) is 24.4 Å². The van der Waals surface area contributed by atoms with Crippen LogP contribution in [0.3, 0.4) is 0 Å². The number of hydrogen-bond donors (Lipinski definition) is 1. The topological polar surface area (TPSA) is 51.0 Å². The maximum absolute atomic E-state index is 4.88. The summed E-state index contributed by atoms with van der Waals surface area (Å²) < 4.78 is 4.88. The monoisotopic (exact) mass is 197 g/mol. The predicted molar refractivity (Wildman–Crippen MR) is 54.8 cm³/mol. The van der Waals surface area contributed by atoms with Gasteiger partial charge in [0.05, 0.1) is 6.54 Å².